The van der Waals surface area contributed by atoms with Crippen LogP contribution in [0.25, 0.3) is 0 Å². The molecule has 4 rings (SSSR count). The standard InChI is InChI=1S/C30H33Cl2N3O4/c1-2-15-33-28(37)26(18-20-8-4-3-5-9-20)35(19-21-12-13-24(31)25(32)17-21)27(36)14-16-34-29(38)22-10-6-7-11-23(22)30(34)39/h3-9,12-13,17,22-23,26H,2,10-11,14-16,18-19H2,1H3,(H,33,37)/t22-,23+,26-/m1/s1. The fourth-order valence-corrected chi connectivity index (χ4v) is 5.52. The number of fused-ring (bicyclic) bond motifs is 1. The minimum absolute atomic E-state index is 0.0178. The molecule has 1 N–H and O–H groups in total. The first-order valence-corrected chi connectivity index (χ1v) is 14.1. The molecule has 2 aliphatic rings. The molecule has 1 fully saturated rings. The molecule has 1 heterocycles. The lowest BCUT2D eigenvalue weighted by atomic mass is 9.85. The third kappa shape index (κ3) is 6.89. The minimum atomic E-state index is -0.808. The molecule has 0 bridgehead atoms. The number of halogens is 2. The second-order valence-corrected chi connectivity index (χ2v) is 10.8. The Balaban J connectivity index is 1.59. The van der Waals surface area contributed by atoms with Crippen molar-refractivity contribution in [3.63, 3.8) is 0 Å². The second-order valence-electron chi connectivity index (χ2n) is 10.0. The maximum absolute atomic E-state index is 13.8. The van der Waals surface area contributed by atoms with Gasteiger partial charge in [-0.2, -0.15) is 0 Å². The third-order valence-electron chi connectivity index (χ3n) is 7.31. The van der Waals surface area contributed by atoms with E-state index in [0.29, 0.717) is 41.4 Å². The molecule has 1 saturated heterocycles. The first-order chi connectivity index (χ1) is 18.8. The lowest BCUT2D eigenvalue weighted by molar-refractivity contribution is -0.144. The smallest absolute Gasteiger partial charge is 0.243 e. The van der Waals surface area contributed by atoms with Crippen LogP contribution in [0.4, 0.5) is 0 Å². The van der Waals surface area contributed by atoms with E-state index in [1.807, 2.05) is 49.4 Å². The van der Waals surface area contributed by atoms with Crippen LogP contribution in [0.1, 0.15) is 43.7 Å². The van der Waals surface area contributed by atoms with Gasteiger partial charge in [0.25, 0.3) is 0 Å². The van der Waals surface area contributed by atoms with E-state index in [-0.39, 0.29) is 55.0 Å². The highest BCUT2D eigenvalue weighted by Crippen LogP contribution is 2.35. The summed E-state index contributed by atoms with van der Waals surface area (Å²) in [6, 6.07) is 13.8. The fourth-order valence-electron chi connectivity index (χ4n) is 5.20. The average Bonchev–Trinajstić information content (AvgIpc) is 3.19. The van der Waals surface area contributed by atoms with Crippen LogP contribution < -0.4 is 5.32 Å². The molecule has 206 valence electrons. The number of hydrogen-bond donors (Lipinski definition) is 1. The zero-order chi connectivity index (χ0) is 27.9. The van der Waals surface area contributed by atoms with E-state index in [0.717, 1.165) is 12.0 Å². The van der Waals surface area contributed by atoms with Crippen LogP contribution in [-0.4, -0.2) is 52.6 Å². The maximum atomic E-state index is 13.8. The van der Waals surface area contributed by atoms with Gasteiger partial charge in [0, 0.05) is 32.5 Å². The van der Waals surface area contributed by atoms with Crippen molar-refractivity contribution in [2.45, 2.75) is 51.6 Å². The van der Waals surface area contributed by atoms with Gasteiger partial charge in [0.05, 0.1) is 21.9 Å². The summed E-state index contributed by atoms with van der Waals surface area (Å²) in [6.45, 7) is 2.54. The number of amides is 4. The summed E-state index contributed by atoms with van der Waals surface area (Å²) in [5, 5.41) is 3.67. The summed E-state index contributed by atoms with van der Waals surface area (Å²) in [5.74, 6) is -1.74. The zero-order valence-corrected chi connectivity index (χ0v) is 23.5. The Hall–Kier alpha value is -3.16. The Morgan fingerprint density at radius 2 is 1.64 bits per heavy atom. The molecule has 7 nitrogen and oxygen atoms in total. The number of allylic oxidation sites excluding steroid dienone is 2. The van der Waals surface area contributed by atoms with Crippen LogP contribution in [-0.2, 0) is 32.1 Å². The summed E-state index contributed by atoms with van der Waals surface area (Å²) in [6.07, 6.45) is 5.92. The number of carbonyl (C=O) groups excluding carboxylic acids is 4. The van der Waals surface area contributed by atoms with Crippen molar-refractivity contribution in [2.24, 2.45) is 11.8 Å². The Kier molecular flexibility index (Phi) is 9.81. The van der Waals surface area contributed by atoms with Crippen LogP contribution >= 0.6 is 23.2 Å². The number of hydrogen-bond acceptors (Lipinski definition) is 4. The molecule has 3 atom stereocenters. The van der Waals surface area contributed by atoms with Gasteiger partial charge in [0.2, 0.25) is 23.6 Å². The average molecular weight is 571 g/mol. The molecule has 0 aromatic heterocycles. The normalized spacial score (nSPS) is 19.1. The van der Waals surface area contributed by atoms with Gasteiger partial charge in [-0.3, -0.25) is 24.1 Å². The van der Waals surface area contributed by atoms with E-state index in [4.69, 9.17) is 23.2 Å². The molecular weight excluding hydrogens is 537 g/mol. The van der Waals surface area contributed by atoms with Gasteiger partial charge < -0.3 is 10.2 Å². The molecular formula is C30H33Cl2N3O4. The van der Waals surface area contributed by atoms with E-state index < -0.39 is 6.04 Å². The highest BCUT2D eigenvalue weighted by Gasteiger charge is 2.47. The molecule has 1 aliphatic heterocycles. The number of nitrogens with zero attached hydrogens (tertiary/aromatic N) is 2. The molecule has 39 heavy (non-hydrogen) atoms. The molecule has 0 spiro atoms. The van der Waals surface area contributed by atoms with E-state index in [1.165, 1.54) is 9.80 Å². The van der Waals surface area contributed by atoms with Gasteiger partial charge in [-0.05, 0) is 42.5 Å². The maximum Gasteiger partial charge on any atom is 0.243 e. The molecule has 0 unspecified atom stereocenters. The molecule has 0 radical (unpaired) electrons. The summed E-state index contributed by atoms with van der Waals surface area (Å²) >= 11 is 12.4. The third-order valence-corrected chi connectivity index (χ3v) is 8.04. The number of benzene rings is 2. The number of nitrogens with one attached hydrogen (secondary N) is 1. The zero-order valence-electron chi connectivity index (χ0n) is 21.9. The molecule has 9 heteroatoms. The second kappa shape index (κ2) is 13.3. The van der Waals surface area contributed by atoms with Crippen LogP contribution in [0.3, 0.4) is 0 Å². The van der Waals surface area contributed by atoms with E-state index in [1.54, 1.807) is 18.2 Å². The molecule has 4 amide bonds. The van der Waals surface area contributed by atoms with E-state index >= 15 is 0 Å². The first-order valence-electron chi connectivity index (χ1n) is 13.3. The number of imide groups is 1. The SMILES string of the molecule is CCCNC(=O)[C@@H](Cc1ccccc1)N(Cc1ccc(Cl)c(Cl)c1)C(=O)CCN1C(=O)[C@H]2CC=CC[C@H]2C1=O. The van der Waals surface area contributed by atoms with Crippen molar-refractivity contribution < 1.29 is 19.2 Å². The number of carbonyl (C=O) groups is 4. The summed E-state index contributed by atoms with van der Waals surface area (Å²) < 4.78 is 0. The molecule has 2 aromatic carbocycles. The van der Waals surface area contributed by atoms with Gasteiger partial charge in [-0.1, -0.05) is 78.7 Å². The van der Waals surface area contributed by atoms with Crippen molar-refractivity contribution in [2.75, 3.05) is 13.1 Å². The van der Waals surface area contributed by atoms with E-state index in [2.05, 4.69) is 5.32 Å². The van der Waals surface area contributed by atoms with Crippen molar-refractivity contribution in [3.8, 4) is 0 Å². The highest BCUT2D eigenvalue weighted by atomic mass is 35.5. The van der Waals surface area contributed by atoms with Crippen molar-refractivity contribution in [1.29, 1.82) is 0 Å². The predicted octanol–water partition coefficient (Wildman–Crippen LogP) is 4.80. The minimum Gasteiger partial charge on any atom is -0.354 e. The Bertz CT molecular complexity index is 1220. The fraction of sp³-hybridized carbons (Fsp3) is 0.400. The Labute approximate surface area is 239 Å². The van der Waals surface area contributed by atoms with Gasteiger partial charge in [0.15, 0.2) is 0 Å². The van der Waals surface area contributed by atoms with Gasteiger partial charge in [-0.15, -0.1) is 0 Å². The topological polar surface area (TPSA) is 86.8 Å². The van der Waals surface area contributed by atoms with Crippen LogP contribution in [0.15, 0.2) is 60.7 Å². The lowest BCUT2D eigenvalue weighted by Crippen LogP contribution is -2.51. The molecule has 2 aromatic rings. The van der Waals surface area contributed by atoms with Crippen LogP contribution in [0, 0.1) is 11.8 Å². The van der Waals surface area contributed by atoms with Crippen LogP contribution in [0.5, 0.6) is 0 Å². The molecule has 0 saturated carbocycles. The van der Waals surface area contributed by atoms with Gasteiger partial charge in [-0.25, -0.2) is 0 Å². The Morgan fingerprint density at radius 3 is 2.26 bits per heavy atom. The van der Waals surface area contributed by atoms with Gasteiger partial charge >= 0.3 is 0 Å². The first kappa shape index (κ1) is 28.8. The number of likely N-dealkylation sites (tertiary alicyclic amines) is 1. The van der Waals surface area contributed by atoms with Gasteiger partial charge in [0.1, 0.15) is 6.04 Å². The molecule has 1 aliphatic carbocycles. The van der Waals surface area contributed by atoms with Crippen molar-refractivity contribution in [3.05, 3.63) is 81.9 Å². The van der Waals surface area contributed by atoms with Crippen molar-refractivity contribution in [1.82, 2.24) is 15.1 Å². The summed E-state index contributed by atoms with van der Waals surface area (Å²) in [5.41, 5.74) is 1.62. The summed E-state index contributed by atoms with van der Waals surface area (Å²) in [4.78, 5) is 55.9. The van der Waals surface area contributed by atoms with Crippen molar-refractivity contribution >= 4 is 46.8 Å². The summed E-state index contributed by atoms with van der Waals surface area (Å²) in [7, 11) is 0. The lowest BCUT2D eigenvalue weighted by Gasteiger charge is -2.32. The number of rotatable bonds is 11. The Morgan fingerprint density at radius 1 is 0.974 bits per heavy atom. The largest absolute Gasteiger partial charge is 0.354 e. The monoisotopic (exact) mass is 569 g/mol. The van der Waals surface area contributed by atoms with Crippen LogP contribution in [0.2, 0.25) is 10.0 Å². The van der Waals surface area contributed by atoms with E-state index in [9.17, 15) is 19.2 Å². The highest BCUT2D eigenvalue weighted by molar-refractivity contribution is 6.42. The predicted molar refractivity (Wildman–Crippen MR) is 151 cm³/mol. The quantitative estimate of drug-likeness (QED) is 0.311.